The predicted octanol–water partition coefficient (Wildman–Crippen LogP) is 1.34. The minimum absolute atomic E-state index is 0.0827. The van der Waals surface area contributed by atoms with E-state index in [1.807, 2.05) is 6.07 Å². The Morgan fingerprint density at radius 2 is 2.00 bits per heavy atom. The van der Waals surface area contributed by atoms with Crippen LogP contribution in [0.2, 0.25) is 0 Å². The van der Waals surface area contributed by atoms with Gasteiger partial charge in [-0.15, -0.1) is 0 Å². The Kier molecular flexibility index (Phi) is 3.46. The molecule has 1 atom stereocenters. The largest absolute Gasteiger partial charge is 0.396 e. The van der Waals surface area contributed by atoms with Crippen LogP contribution in [0.5, 0.6) is 0 Å². The Balaban J connectivity index is 2.95. The van der Waals surface area contributed by atoms with Crippen molar-refractivity contribution in [1.29, 1.82) is 0 Å². The van der Waals surface area contributed by atoms with Crippen LogP contribution in [0.3, 0.4) is 0 Å². The van der Waals surface area contributed by atoms with E-state index in [1.165, 1.54) is 11.1 Å². The summed E-state index contributed by atoms with van der Waals surface area (Å²) in [5, 5.41) is 9.06. The maximum atomic E-state index is 9.06. The van der Waals surface area contributed by atoms with Gasteiger partial charge in [0.1, 0.15) is 0 Å². The fourth-order valence-electron chi connectivity index (χ4n) is 1.33. The van der Waals surface area contributed by atoms with Crippen molar-refractivity contribution in [3.63, 3.8) is 0 Å². The van der Waals surface area contributed by atoms with Crippen LogP contribution in [0.15, 0.2) is 18.2 Å². The van der Waals surface area contributed by atoms with Gasteiger partial charge in [-0.05, 0) is 30.5 Å². The molecule has 0 bridgehead atoms. The first-order valence-electron chi connectivity index (χ1n) is 4.57. The number of rotatable bonds is 3. The van der Waals surface area contributed by atoms with E-state index in [1.54, 1.807) is 0 Å². The van der Waals surface area contributed by atoms with Crippen LogP contribution < -0.4 is 5.73 Å². The van der Waals surface area contributed by atoms with Gasteiger partial charge >= 0.3 is 0 Å². The van der Waals surface area contributed by atoms with E-state index in [-0.39, 0.29) is 12.5 Å². The molecule has 0 amide bonds. The maximum Gasteiger partial charge on any atom is 0.0511 e. The molecule has 0 radical (unpaired) electrons. The van der Waals surface area contributed by atoms with Crippen LogP contribution in [-0.4, -0.2) is 18.3 Å². The smallest absolute Gasteiger partial charge is 0.0511 e. The zero-order valence-corrected chi connectivity index (χ0v) is 8.25. The van der Waals surface area contributed by atoms with Crippen molar-refractivity contribution in [1.82, 2.24) is 0 Å². The van der Waals surface area contributed by atoms with Crippen molar-refractivity contribution in [3.05, 3.63) is 34.9 Å². The molecule has 1 aromatic carbocycles. The fraction of sp³-hybridized carbons (Fsp3) is 0.455. The van der Waals surface area contributed by atoms with Crippen LogP contribution in [0.25, 0.3) is 0 Å². The second-order valence-corrected chi connectivity index (χ2v) is 3.46. The molecule has 0 heterocycles. The summed E-state index contributed by atoms with van der Waals surface area (Å²) in [4.78, 5) is 0. The highest BCUT2D eigenvalue weighted by Crippen LogP contribution is 2.17. The highest BCUT2D eigenvalue weighted by molar-refractivity contribution is 5.32. The van der Waals surface area contributed by atoms with Crippen LogP contribution >= 0.6 is 0 Å². The first-order valence-corrected chi connectivity index (χ1v) is 4.57. The number of hydrogen-bond donors (Lipinski definition) is 2. The van der Waals surface area contributed by atoms with Crippen LogP contribution in [0.1, 0.15) is 22.6 Å². The lowest BCUT2D eigenvalue weighted by molar-refractivity contribution is 0.268. The molecule has 1 aromatic rings. The molecule has 0 aliphatic rings. The average molecular weight is 179 g/mol. The quantitative estimate of drug-likeness (QED) is 0.735. The first kappa shape index (κ1) is 10.2. The van der Waals surface area contributed by atoms with Gasteiger partial charge in [0.2, 0.25) is 0 Å². The molecule has 0 fully saturated rings. The third-order valence-corrected chi connectivity index (χ3v) is 2.51. The summed E-state index contributed by atoms with van der Waals surface area (Å²) in [5.74, 6) is 0.0827. The molecule has 3 N–H and O–H groups in total. The van der Waals surface area contributed by atoms with Gasteiger partial charge in [-0.2, -0.15) is 0 Å². The number of aliphatic hydroxyl groups is 1. The van der Waals surface area contributed by atoms with E-state index in [0.29, 0.717) is 6.54 Å². The number of nitrogens with two attached hydrogens (primary N) is 1. The van der Waals surface area contributed by atoms with Gasteiger partial charge in [0.05, 0.1) is 6.61 Å². The van der Waals surface area contributed by atoms with E-state index in [9.17, 15) is 0 Å². The standard InChI is InChI=1S/C11H17NO/c1-8-3-4-10(5-9(8)2)11(6-12)7-13/h3-5,11,13H,6-7,12H2,1-2H3. The van der Waals surface area contributed by atoms with Crippen molar-refractivity contribution in [2.75, 3.05) is 13.2 Å². The first-order chi connectivity index (χ1) is 6.19. The summed E-state index contributed by atoms with van der Waals surface area (Å²) in [6, 6.07) is 6.21. The Labute approximate surface area is 79.4 Å². The lowest BCUT2D eigenvalue weighted by atomic mass is 9.96. The minimum Gasteiger partial charge on any atom is -0.396 e. The Morgan fingerprint density at radius 1 is 1.31 bits per heavy atom. The van der Waals surface area contributed by atoms with Crippen molar-refractivity contribution < 1.29 is 5.11 Å². The predicted molar refractivity (Wildman–Crippen MR) is 54.8 cm³/mol. The van der Waals surface area contributed by atoms with E-state index in [2.05, 4.69) is 26.0 Å². The molecule has 0 saturated heterocycles. The van der Waals surface area contributed by atoms with Gasteiger partial charge in [0, 0.05) is 12.5 Å². The maximum absolute atomic E-state index is 9.06. The Morgan fingerprint density at radius 3 is 2.46 bits per heavy atom. The topological polar surface area (TPSA) is 46.2 Å². The van der Waals surface area contributed by atoms with Gasteiger partial charge in [0.15, 0.2) is 0 Å². The highest BCUT2D eigenvalue weighted by atomic mass is 16.3. The Hall–Kier alpha value is -0.860. The van der Waals surface area contributed by atoms with Crippen LogP contribution in [0, 0.1) is 13.8 Å². The lowest BCUT2D eigenvalue weighted by Gasteiger charge is -2.13. The third-order valence-electron chi connectivity index (χ3n) is 2.51. The molecular weight excluding hydrogens is 162 g/mol. The van der Waals surface area contributed by atoms with E-state index in [4.69, 9.17) is 10.8 Å². The summed E-state index contributed by atoms with van der Waals surface area (Å²) in [5.41, 5.74) is 9.21. The summed E-state index contributed by atoms with van der Waals surface area (Å²) in [6.07, 6.45) is 0. The summed E-state index contributed by atoms with van der Waals surface area (Å²) >= 11 is 0. The van der Waals surface area contributed by atoms with Gasteiger partial charge in [0.25, 0.3) is 0 Å². The molecule has 1 rings (SSSR count). The summed E-state index contributed by atoms with van der Waals surface area (Å²) in [6.45, 7) is 4.78. The molecule has 13 heavy (non-hydrogen) atoms. The Bertz CT molecular complexity index is 279. The second-order valence-electron chi connectivity index (χ2n) is 3.46. The molecule has 2 nitrogen and oxygen atoms in total. The molecule has 2 heteroatoms. The molecule has 0 aromatic heterocycles. The molecule has 0 saturated carbocycles. The second kappa shape index (κ2) is 4.40. The monoisotopic (exact) mass is 179 g/mol. The number of benzene rings is 1. The van der Waals surface area contributed by atoms with E-state index < -0.39 is 0 Å². The molecule has 0 aliphatic carbocycles. The van der Waals surface area contributed by atoms with Crippen molar-refractivity contribution in [2.45, 2.75) is 19.8 Å². The van der Waals surface area contributed by atoms with Crippen molar-refractivity contribution in [2.24, 2.45) is 5.73 Å². The average Bonchev–Trinajstić information content (AvgIpc) is 2.13. The van der Waals surface area contributed by atoms with Gasteiger partial charge < -0.3 is 10.8 Å². The zero-order valence-electron chi connectivity index (χ0n) is 8.25. The number of aryl methyl sites for hydroxylation is 2. The van der Waals surface area contributed by atoms with Crippen LogP contribution in [-0.2, 0) is 0 Å². The van der Waals surface area contributed by atoms with E-state index in [0.717, 1.165) is 5.56 Å². The lowest BCUT2D eigenvalue weighted by Crippen LogP contribution is -2.16. The van der Waals surface area contributed by atoms with E-state index >= 15 is 0 Å². The minimum atomic E-state index is 0.0827. The molecule has 72 valence electrons. The van der Waals surface area contributed by atoms with Crippen molar-refractivity contribution >= 4 is 0 Å². The number of aliphatic hydroxyl groups excluding tert-OH is 1. The molecule has 0 spiro atoms. The van der Waals surface area contributed by atoms with Gasteiger partial charge in [-0.1, -0.05) is 18.2 Å². The number of hydrogen-bond acceptors (Lipinski definition) is 2. The zero-order chi connectivity index (χ0) is 9.84. The van der Waals surface area contributed by atoms with Gasteiger partial charge in [-0.3, -0.25) is 0 Å². The molecule has 0 aliphatic heterocycles. The summed E-state index contributed by atoms with van der Waals surface area (Å²) < 4.78 is 0. The van der Waals surface area contributed by atoms with Crippen LogP contribution in [0.4, 0.5) is 0 Å². The van der Waals surface area contributed by atoms with Crippen molar-refractivity contribution in [3.8, 4) is 0 Å². The highest BCUT2D eigenvalue weighted by Gasteiger charge is 2.08. The normalized spacial score (nSPS) is 12.9. The summed E-state index contributed by atoms with van der Waals surface area (Å²) in [7, 11) is 0. The molecule has 1 unspecified atom stereocenters. The SMILES string of the molecule is Cc1ccc(C(CN)CO)cc1C. The van der Waals surface area contributed by atoms with Gasteiger partial charge in [-0.25, -0.2) is 0 Å². The fourth-order valence-corrected chi connectivity index (χ4v) is 1.33. The third kappa shape index (κ3) is 2.29. The molecular formula is C11H17NO.